The molecule has 0 spiro atoms. The smallest absolute Gasteiger partial charge is 0.0595 e. The predicted octanol–water partition coefficient (Wildman–Crippen LogP) is 1.88. The third-order valence-corrected chi connectivity index (χ3v) is 3.60. The highest BCUT2D eigenvalue weighted by atomic mass is 16.5. The Morgan fingerprint density at radius 1 is 1.31 bits per heavy atom. The van der Waals surface area contributed by atoms with Crippen LogP contribution in [0.25, 0.3) is 0 Å². The molecule has 0 aromatic heterocycles. The number of nitrogens with zero attached hydrogens (tertiary/aromatic N) is 1. The van der Waals surface area contributed by atoms with Gasteiger partial charge in [-0.15, -0.1) is 0 Å². The number of likely N-dealkylation sites (tertiary alicyclic amines) is 1. The average Bonchev–Trinajstić information content (AvgIpc) is 2.35. The monoisotopic (exact) mass is 228 g/mol. The van der Waals surface area contributed by atoms with E-state index < -0.39 is 0 Å². The highest BCUT2D eigenvalue weighted by Gasteiger charge is 2.23. The molecule has 1 unspecified atom stereocenters. The Morgan fingerprint density at radius 2 is 2.00 bits per heavy atom. The van der Waals surface area contributed by atoms with Crippen LogP contribution in [0.15, 0.2) is 0 Å². The molecule has 1 atom stereocenters. The summed E-state index contributed by atoms with van der Waals surface area (Å²) in [6, 6.07) is 0.712. The van der Waals surface area contributed by atoms with Gasteiger partial charge in [0.2, 0.25) is 0 Å². The molecule has 0 aromatic carbocycles. The van der Waals surface area contributed by atoms with E-state index in [0.717, 1.165) is 13.1 Å². The second-order valence-corrected chi connectivity index (χ2v) is 4.74. The van der Waals surface area contributed by atoms with Crippen LogP contribution in [0, 0.1) is 0 Å². The summed E-state index contributed by atoms with van der Waals surface area (Å²) < 4.78 is 5.41. The molecule has 0 aliphatic carbocycles. The standard InChI is InChI=1S/C13H28N2O/c1-4-8-14-11-12(5-2)15-9-6-13(16-3)7-10-15/h12-14H,4-11H2,1-3H3. The molecular formula is C13H28N2O. The second kappa shape index (κ2) is 8.04. The molecule has 1 fully saturated rings. The lowest BCUT2D eigenvalue weighted by Gasteiger charge is -2.37. The highest BCUT2D eigenvalue weighted by Crippen LogP contribution is 2.16. The normalized spacial score (nSPS) is 21.2. The summed E-state index contributed by atoms with van der Waals surface area (Å²) in [6.45, 7) is 9.20. The zero-order chi connectivity index (χ0) is 11.8. The minimum Gasteiger partial charge on any atom is -0.381 e. The molecule has 16 heavy (non-hydrogen) atoms. The van der Waals surface area contributed by atoms with Gasteiger partial charge in [0.05, 0.1) is 6.10 Å². The van der Waals surface area contributed by atoms with Crippen molar-refractivity contribution in [3.8, 4) is 0 Å². The summed E-state index contributed by atoms with van der Waals surface area (Å²) in [5.41, 5.74) is 0. The topological polar surface area (TPSA) is 24.5 Å². The van der Waals surface area contributed by atoms with E-state index in [-0.39, 0.29) is 0 Å². The maximum absolute atomic E-state index is 5.41. The Balaban J connectivity index is 2.25. The van der Waals surface area contributed by atoms with Crippen molar-refractivity contribution in [2.45, 2.75) is 51.7 Å². The van der Waals surface area contributed by atoms with Gasteiger partial charge in [-0.2, -0.15) is 0 Å². The molecule has 0 bridgehead atoms. The van der Waals surface area contributed by atoms with Gasteiger partial charge >= 0.3 is 0 Å². The fourth-order valence-corrected chi connectivity index (χ4v) is 2.45. The molecule has 1 rings (SSSR count). The van der Waals surface area contributed by atoms with Gasteiger partial charge in [0.1, 0.15) is 0 Å². The first-order valence-electron chi connectivity index (χ1n) is 6.79. The van der Waals surface area contributed by atoms with Crippen molar-refractivity contribution in [3.05, 3.63) is 0 Å². The largest absolute Gasteiger partial charge is 0.381 e. The van der Waals surface area contributed by atoms with E-state index >= 15 is 0 Å². The Labute approximate surface area is 101 Å². The van der Waals surface area contributed by atoms with Crippen LogP contribution in [0.2, 0.25) is 0 Å². The Hall–Kier alpha value is -0.120. The third-order valence-electron chi connectivity index (χ3n) is 3.60. The molecule has 0 aromatic rings. The maximum Gasteiger partial charge on any atom is 0.0595 e. The van der Waals surface area contributed by atoms with Crippen LogP contribution in [-0.4, -0.2) is 50.3 Å². The van der Waals surface area contributed by atoms with Crippen molar-refractivity contribution >= 4 is 0 Å². The van der Waals surface area contributed by atoms with E-state index in [1.165, 1.54) is 38.8 Å². The lowest BCUT2D eigenvalue weighted by Crippen LogP contribution is -2.47. The quantitative estimate of drug-likeness (QED) is 0.673. The van der Waals surface area contributed by atoms with Gasteiger partial charge in [-0.05, 0) is 32.2 Å². The van der Waals surface area contributed by atoms with Gasteiger partial charge in [-0.1, -0.05) is 13.8 Å². The van der Waals surface area contributed by atoms with E-state index in [4.69, 9.17) is 4.74 Å². The minimum absolute atomic E-state index is 0.498. The first-order valence-corrected chi connectivity index (χ1v) is 6.79. The van der Waals surface area contributed by atoms with E-state index in [2.05, 4.69) is 24.1 Å². The Kier molecular flexibility index (Phi) is 7.01. The summed E-state index contributed by atoms with van der Waals surface area (Å²) in [6.07, 6.45) is 5.36. The molecule has 1 heterocycles. The van der Waals surface area contributed by atoms with Crippen molar-refractivity contribution in [2.24, 2.45) is 0 Å². The first kappa shape index (κ1) is 13.9. The molecule has 0 amide bonds. The van der Waals surface area contributed by atoms with Crippen LogP contribution in [0.5, 0.6) is 0 Å². The van der Waals surface area contributed by atoms with Crippen molar-refractivity contribution in [2.75, 3.05) is 33.3 Å². The van der Waals surface area contributed by atoms with E-state index in [1.807, 2.05) is 7.11 Å². The Bertz CT molecular complexity index is 165. The third kappa shape index (κ3) is 4.40. The van der Waals surface area contributed by atoms with Crippen molar-refractivity contribution in [3.63, 3.8) is 0 Å². The van der Waals surface area contributed by atoms with E-state index in [0.29, 0.717) is 12.1 Å². The van der Waals surface area contributed by atoms with Crippen molar-refractivity contribution in [1.82, 2.24) is 10.2 Å². The second-order valence-electron chi connectivity index (χ2n) is 4.74. The summed E-state index contributed by atoms with van der Waals surface area (Å²) in [4.78, 5) is 2.62. The number of rotatable bonds is 7. The fourth-order valence-electron chi connectivity index (χ4n) is 2.45. The van der Waals surface area contributed by atoms with Crippen molar-refractivity contribution in [1.29, 1.82) is 0 Å². The lowest BCUT2D eigenvalue weighted by molar-refractivity contribution is 0.0266. The number of piperidine rings is 1. The number of nitrogens with one attached hydrogen (secondary N) is 1. The van der Waals surface area contributed by atoms with Gasteiger partial charge in [-0.25, -0.2) is 0 Å². The fraction of sp³-hybridized carbons (Fsp3) is 1.00. The van der Waals surface area contributed by atoms with Gasteiger partial charge in [-0.3, -0.25) is 4.90 Å². The van der Waals surface area contributed by atoms with Gasteiger partial charge in [0.15, 0.2) is 0 Å². The number of methoxy groups -OCH3 is 1. The Morgan fingerprint density at radius 3 is 2.50 bits per heavy atom. The molecule has 3 nitrogen and oxygen atoms in total. The summed E-state index contributed by atoms with van der Waals surface area (Å²) >= 11 is 0. The molecule has 0 radical (unpaired) electrons. The van der Waals surface area contributed by atoms with Crippen LogP contribution >= 0.6 is 0 Å². The van der Waals surface area contributed by atoms with E-state index in [1.54, 1.807) is 0 Å². The van der Waals surface area contributed by atoms with Crippen LogP contribution in [0.1, 0.15) is 39.5 Å². The number of ether oxygens (including phenoxy) is 1. The summed E-state index contributed by atoms with van der Waals surface area (Å²) in [7, 11) is 1.83. The summed E-state index contributed by atoms with van der Waals surface area (Å²) in [5, 5.41) is 3.54. The molecular weight excluding hydrogens is 200 g/mol. The van der Waals surface area contributed by atoms with E-state index in [9.17, 15) is 0 Å². The van der Waals surface area contributed by atoms with Gasteiger partial charge in [0, 0.05) is 32.8 Å². The number of hydrogen-bond acceptors (Lipinski definition) is 3. The average molecular weight is 228 g/mol. The SMILES string of the molecule is CCCNCC(CC)N1CCC(OC)CC1. The molecule has 3 heteroatoms. The summed E-state index contributed by atoms with van der Waals surface area (Å²) in [5.74, 6) is 0. The van der Waals surface area contributed by atoms with Crippen LogP contribution in [-0.2, 0) is 4.74 Å². The predicted molar refractivity (Wildman–Crippen MR) is 68.8 cm³/mol. The highest BCUT2D eigenvalue weighted by molar-refractivity contribution is 4.79. The molecule has 0 saturated carbocycles. The molecule has 96 valence electrons. The zero-order valence-electron chi connectivity index (χ0n) is 11.2. The van der Waals surface area contributed by atoms with Crippen LogP contribution in [0.3, 0.4) is 0 Å². The van der Waals surface area contributed by atoms with Gasteiger partial charge in [0.25, 0.3) is 0 Å². The molecule has 1 aliphatic heterocycles. The van der Waals surface area contributed by atoms with Crippen molar-refractivity contribution < 1.29 is 4.74 Å². The lowest BCUT2D eigenvalue weighted by atomic mass is 10.0. The maximum atomic E-state index is 5.41. The molecule has 1 saturated heterocycles. The van der Waals surface area contributed by atoms with Gasteiger partial charge < -0.3 is 10.1 Å². The van der Waals surface area contributed by atoms with Crippen LogP contribution in [0.4, 0.5) is 0 Å². The molecule has 1 N–H and O–H groups in total. The minimum atomic E-state index is 0.498. The zero-order valence-corrected chi connectivity index (χ0v) is 11.2. The first-order chi connectivity index (χ1) is 7.81. The number of hydrogen-bond donors (Lipinski definition) is 1. The van der Waals surface area contributed by atoms with Crippen LogP contribution < -0.4 is 5.32 Å². The molecule has 1 aliphatic rings.